The molecule has 2 aliphatic heterocycles. The van der Waals surface area contributed by atoms with Crippen LogP contribution in [0.3, 0.4) is 0 Å². The Morgan fingerprint density at radius 3 is 3.06 bits per heavy atom. The highest BCUT2D eigenvalue weighted by Gasteiger charge is 2.25. The second-order valence-electron chi connectivity index (χ2n) is 4.94. The Kier molecular flexibility index (Phi) is 2.75. The lowest BCUT2D eigenvalue weighted by atomic mass is 9.98. The minimum Gasteiger partial charge on any atom is -0.384 e. The maximum atomic E-state index is 11.5. The van der Waals surface area contributed by atoms with Crippen LogP contribution >= 0.6 is 0 Å². The Hall–Kier alpha value is -1.51. The Bertz CT molecular complexity index is 430. The fraction of sp³-hybridized carbons (Fsp3) is 0.500. The third-order valence-electron chi connectivity index (χ3n) is 3.86. The lowest BCUT2D eigenvalue weighted by Crippen LogP contribution is -2.27. The molecule has 2 aliphatic rings. The number of benzene rings is 1. The summed E-state index contributed by atoms with van der Waals surface area (Å²) in [6.45, 7) is 2.89. The highest BCUT2D eigenvalue weighted by molar-refractivity contribution is 5.78. The zero-order valence-corrected chi connectivity index (χ0v) is 9.98. The van der Waals surface area contributed by atoms with Gasteiger partial charge in [0.2, 0.25) is 5.91 Å². The number of hydrogen-bond acceptors (Lipinski definition) is 2. The van der Waals surface area contributed by atoms with Crippen molar-refractivity contribution >= 4 is 11.6 Å². The summed E-state index contributed by atoms with van der Waals surface area (Å²) in [5, 5.41) is 3.43. The van der Waals surface area contributed by atoms with Gasteiger partial charge in [-0.05, 0) is 24.5 Å². The number of para-hydroxylation sites is 1. The Balaban J connectivity index is 1.62. The maximum Gasteiger partial charge on any atom is 0.222 e. The van der Waals surface area contributed by atoms with Crippen molar-refractivity contribution in [1.82, 2.24) is 4.90 Å². The van der Waals surface area contributed by atoms with Gasteiger partial charge in [0, 0.05) is 37.7 Å². The second kappa shape index (κ2) is 4.40. The fourth-order valence-electron chi connectivity index (χ4n) is 2.87. The molecular weight excluding hydrogens is 212 g/mol. The molecule has 0 aliphatic carbocycles. The third-order valence-corrected chi connectivity index (χ3v) is 3.86. The summed E-state index contributed by atoms with van der Waals surface area (Å²) >= 11 is 0. The molecule has 1 fully saturated rings. The van der Waals surface area contributed by atoms with E-state index in [1.807, 2.05) is 4.90 Å². The summed E-state index contributed by atoms with van der Waals surface area (Å²) in [5.41, 5.74) is 2.68. The van der Waals surface area contributed by atoms with E-state index in [-0.39, 0.29) is 0 Å². The molecule has 1 N–H and O–H groups in total. The van der Waals surface area contributed by atoms with E-state index in [0.29, 0.717) is 11.8 Å². The SMILES string of the molecule is O=C1CCCN1CC[C@@H]1CNc2ccccc21. The molecule has 1 amide bonds. The van der Waals surface area contributed by atoms with Crippen molar-refractivity contribution in [2.75, 3.05) is 25.0 Å². The highest BCUT2D eigenvalue weighted by Crippen LogP contribution is 2.33. The van der Waals surface area contributed by atoms with E-state index in [2.05, 4.69) is 29.6 Å². The van der Waals surface area contributed by atoms with Gasteiger partial charge < -0.3 is 10.2 Å². The van der Waals surface area contributed by atoms with E-state index in [1.54, 1.807) is 0 Å². The molecule has 1 aromatic rings. The summed E-state index contributed by atoms with van der Waals surface area (Å²) in [6.07, 6.45) is 2.87. The predicted octanol–water partition coefficient (Wildman–Crippen LogP) is 2.21. The van der Waals surface area contributed by atoms with Crippen LogP contribution in [0.15, 0.2) is 24.3 Å². The highest BCUT2D eigenvalue weighted by atomic mass is 16.2. The van der Waals surface area contributed by atoms with Crippen LogP contribution in [0.1, 0.15) is 30.7 Å². The lowest BCUT2D eigenvalue weighted by molar-refractivity contribution is -0.127. The third kappa shape index (κ3) is 2.02. The van der Waals surface area contributed by atoms with E-state index in [9.17, 15) is 4.79 Å². The Morgan fingerprint density at radius 1 is 1.35 bits per heavy atom. The number of amides is 1. The van der Waals surface area contributed by atoms with Gasteiger partial charge in [-0.25, -0.2) is 0 Å². The quantitative estimate of drug-likeness (QED) is 0.863. The Labute approximate surface area is 102 Å². The van der Waals surface area contributed by atoms with Gasteiger partial charge in [0.25, 0.3) is 0 Å². The fourth-order valence-corrected chi connectivity index (χ4v) is 2.87. The molecule has 1 atom stereocenters. The first-order chi connectivity index (χ1) is 8.34. The van der Waals surface area contributed by atoms with Crippen LogP contribution in [0.2, 0.25) is 0 Å². The molecule has 0 unspecified atom stereocenters. The van der Waals surface area contributed by atoms with Crippen molar-refractivity contribution < 1.29 is 4.79 Å². The summed E-state index contributed by atoms with van der Waals surface area (Å²) in [7, 11) is 0. The molecule has 1 aromatic carbocycles. The van der Waals surface area contributed by atoms with Gasteiger partial charge in [-0.3, -0.25) is 4.79 Å². The van der Waals surface area contributed by atoms with Crippen molar-refractivity contribution in [2.45, 2.75) is 25.2 Å². The van der Waals surface area contributed by atoms with Crippen molar-refractivity contribution in [3.8, 4) is 0 Å². The number of fused-ring (bicyclic) bond motifs is 1. The summed E-state index contributed by atoms with van der Waals surface area (Å²) in [6, 6.07) is 8.50. The van der Waals surface area contributed by atoms with Gasteiger partial charge >= 0.3 is 0 Å². The second-order valence-corrected chi connectivity index (χ2v) is 4.94. The molecule has 3 heteroatoms. The van der Waals surface area contributed by atoms with Crippen LogP contribution in [0, 0.1) is 0 Å². The molecule has 3 nitrogen and oxygen atoms in total. The van der Waals surface area contributed by atoms with Crippen LogP contribution in [0.4, 0.5) is 5.69 Å². The molecule has 3 rings (SSSR count). The first-order valence-electron chi connectivity index (χ1n) is 6.45. The predicted molar refractivity (Wildman–Crippen MR) is 68.1 cm³/mol. The van der Waals surface area contributed by atoms with E-state index in [1.165, 1.54) is 11.3 Å². The number of carbonyl (C=O) groups is 1. The number of hydrogen-bond donors (Lipinski definition) is 1. The molecule has 2 heterocycles. The molecule has 90 valence electrons. The largest absolute Gasteiger partial charge is 0.384 e. The van der Waals surface area contributed by atoms with E-state index in [4.69, 9.17) is 0 Å². The van der Waals surface area contributed by atoms with Gasteiger partial charge in [0.05, 0.1) is 0 Å². The summed E-state index contributed by atoms with van der Waals surface area (Å²) < 4.78 is 0. The Morgan fingerprint density at radius 2 is 2.24 bits per heavy atom. The standard InChI is InChI=1S/C14H18N2O/c17-14-6-3-8-16(14)9-7-11-10-15-13-5-2-1-4-12(11)13/h1-2,4-5,11,15H,3,6-10H2/t11-/m1/s1. The molecule has 0 saturated carbocycles. The van der Waals surface area contributed by atoms with Crippen LogP contribution in [0.25, 0.3) is 0 Å². The van der Waals surface area contributed by atoms with Crippen LogP contribution in [0.5, 0.6) is 0 Å². The zero-order valence-electron chi connectivity index (χ0n) is 9.98. The molecule has 1 saturated heterocycles. The minimum absolute atomic E-state index is 0.337. The molecule has 0 aromatic heterocycles. The van der Waals surface area contributed by atoms with E-state index >= 15 is 0 Å². The van der Waals surface area contributed by atoms with Gasteiger partial charge in [0.15, 0.2) is 0 Å². The smallest absolute Gasteiger partial charge is 0.222 e. The first kappa shape index (κ1) is 10.6. The van der Waals surface area contributed by atoms with Crippen LogP contribution < -0.4 is 5.32 Å². The monoisotopic (exact) mass is 230 g/mol. The van der Waals surface area contributed by atoms with E-state index < -0.39 is 0 Å². The van der Waals surface area contributed by atoms with Gasteiger partial charge in [0.1, 0.15) is 0 Å². The van der Waals surface area contributed by atoms with E-state index in [0.717, 1.165) is 38.9 Å². The first-order valence-corrected chi connectivity index (χ1v) is 6.45. The summed E-state index contributed by atoms with van der Waals surface area (Å²) in [5.74, 6) is 0.906. The average Bonchev–Trinajstić information content (AvgIpc) is 2.93. The number of nitrogens with zero attached hydrogens (tertiary/aromatic N) is 1. The van der Waals surface area contributed by atoms with Crippen LogP contribution in [-0.4, -0.2) is 30.4 Å². The number of nitrogens with one attached hydrogen (secondary N) is 1. The minimum atomic E-state index is 0.337. The van der Waals surface area contributed by atoms with Crippen molar-refractivity contribution in [1.29, 1.82) is 0 Å². The van der Waals surface area contributed by atoms with Gasteiger partial charge in [-0.15, -0.1) is 0 Å². The van der Waals surface area contributed by atoms with Gasteiger partial charge in [-0.2, -0.15) is 0 Å². The molecule has 0 spiro atoms. The molecule has 0 bridgehead atoms. The average molecular weight is 230 g/mol. The van der Waals surface area contributed by atoms with Crippen LogP contribution in [-0.2, 0) is 4.79 Å². The normalized spacial score (nSPS) is 22.7. The van der Waals surface area contributed by atoms with Crippen molar-refractivity contribution in [2.24, 2.45) is 0 Å². The number of anilines is 1. The molecular formula is C14H18N2O. The topological polar surface area (TPSA) is 32.3 Å². The maximum absolute atomic E-state index is 11.5. The lowest BCUT2D eigenvalue weighted by Gasteiger charge is -2.18. The zero-order chi connectivity index (χ0) is 11.7. The molecule has 0 radical (unpaired) electrons. The number of rotatable bonds is 3. The number of carbonyl (C=O) groups excluding carboxylic acids is 1. The van der Waals surface area contributed by atoms with Gasteiger partial charge in [-0.1, -0.05) is 18.2 Å². The molecule has 17 heavy (non-hydrogen) atoms. The van der Waals surface area contributed by atoms with Crippen molar-refractivity contribution in [3.63, 3.8) is 0 Å². The van der Waals surface area contributed by atoms with Crippen molar-refractivity contribution in [3.05, 3.63) is 29.8 Å². The number of likely N-dealkylation sites (tertiary alicyclic amines) is 1. The summed E-state index contributed by atoms with van der Waals surface area (Å²) in [4.78, 5) is 13.5.